The van der Waals surface area contributed by atoms with Gasteiger partial charge in [0.15, 0.2) is 0 Å². The molecule has 0 aliphatic carbocycles. The van der Waals surface area contributed by atoms with Crippen molar-refractivity contribution in [3.63, 3.8) is 0 Å². The molecule has 4 heteroatoms. The van der Waals surface area contributed by atoms with Crippen LogP contribution in [-0.2, 0) is 5.41 Å². The molecule has 1 aromatic carbocycles. The standard InChI is InChI=1S/C19H25NO3/c1-12(2)22-15-9-7-8-14(10-15)20-18(21)16-11-17(19(4,5)6)23-13(16)3/h7-12H,1-6H3,(H,20,21). The van der Waals surface area contributed by atoms with Gasteiger partial charge < -0.3 is 14.5 Å². The molecule has 0 spiro atoms. The summed E-state index contributed by atoms with van der Waals surface area (Å²) in [4.78, 5) is 12.5. The van der Waals surface area contributed by atoms with Gasteiger partial charge in [-0.1, -0.05) is 26.8 Å². The van der Waals surface area contributed by atoms with Gasteiger partial charge in [-0.3, -0.25) is 4.79 Å². The molecule has 1 amide bonds. The first-order chi connectivity index (χ1) is 10.7. The molecule has 1 aromatic heterocycles. The average Bonchev–Trinajstić information content (AvgIpc) is 2.80. The average molecular weight is 315 g/mol. The summed E-state index contributed by atoms with van der Waals surface area (Å²) in [6, 6.07) is 9.20. The summed E-state index contributed by atoms with van der Waals surface area (Å²) in [6.45, 7) is 11.9. The Labute approximate surface area is 137 Å². The predicted molar refractivity (Wildman–Crippen MR) is 92.3 cm³/mol. The highest BCUT2D eigenvalue weighted by atomic mass is 16.5. The van der Waals surface area contributed by atoms with E-state index in [2.05, 4.69) is 26.1 Å². The van der Waals surface area contributed by atoms with Crippen molar-refractivity contribution in [3.05, 3.63) is 47.4 Å². The molecule has 0 bridgehead atoms. The largest absolute Gasteiger partial charge is 0.491 e. The second kappa shape index (κ2) is 6.49. The number of anilines is 1. The highest BCUT2D eigenvalue weighted by Gasteiger charge is 2.23. The molecular formula is C19H25NO3. The number of amides is 1. The normalized spacial score (nSPS) is 11.6. The predicted octanol–water partition coefficient (Wildman–Crippen LogP) is 4.93. The van der Waals surface area contributed by atoms with Crippen LogP contribution in [0.3, 0.4) is 0 Å². The van der Waals surface area contributed by atoms with Crippen LogP contribution in [-0.4, -0.2) is 12.0 Å². The summed E-state index contributed by atoms with van der Waals surface area (Å²) in [5.41, 5.74) is 1.13. The Morgan fingerprint density at radius 3 is 2.48 bits per heavy atom. The number of hydrogen-bond acceptors (Lipinski definition) is 3. The molecule has 0 fully saturated rings. The molecule has 4 nitrogen and oxygen atoms in total. The summed E-state index contributed by atoms with van der Waals surface area (Å²) in [5, 5.41) is 2.90. The van der Waals surface area contributed by atoms with E-state index in [0.717, 1.165) is 11.5 Å². The van der Waals surface area contributed by atoms with E-state index in [1.54, 1.807) is 0 Å². The second-order valence-corrected chi connectivity index (χ2v) is 6.98. The molecule has 0 aliphatic rings. The third kappa shape index (κ3) is 4.38. The number of nitrogens with one attached hydrogen (secondary N) is 1. The van der Waals surface area contributed by atoms with Gasteiger partial charge in [0.2, 0.25) is 0 Å². The van der Waals surface area contributed by atoms with E-state index in [1.165, 1.54) is 0 Å². The van der Waals surface area contributed by atoms with Crippen molar-refractivity contribution in [2.75, 3.05) is 5.32 Å². The Morgan fingerprint density at radius 1 is 1.22 bits per heavy atom. The van der Waals surface area contributed by atoms with Gasteiger partial charge in [0, 0.05) is 17.2 Å². The third-order valence-corrected chi connectivity index (χ3v) is 3.37. The molecule has 0 aliphatic heterocycles. The van der Waals surface area contributed by atoms with Crippen LogP contribution in [0.25, 0.3) is 0 Å². The van der Waals surface area contributed by atoms with Gasteiger partial charge in [0.25, 0.3) is 5.91 Å². The lowest BCUT2D eigenvalue weighted by Crippen LogP contribution is -2.13. The van der Waals surface area contributed by atoms with Crippen LogP contribution >= 0.6 is 0 Å². The van der Waals surface area contributed by atoms with Crippen molar-refractivity contribution >= 4 is 11.6 Å². The first-order valence-corrected chi connectivity index (χ1v) is 7.86. The van der Waals surface area contributed by atoms with Gasteiger partial charge in [-0.15, -0.1) is 0 Å². The molecule has 0 radical (unpaired) electrons. The lowest BCUT2D eigenvalue weighted by atomic mass is 9.93. The van der Waals surface area contributed by atoms with Crippen LogP contribution in [0.15, 0.2) is 34.7 Å². The minimum absolute atomic E-state index is 0.0893. The zero-order valence-corrected chi connectivity index (χ0v) is 14.7. The summed E-state index contributed by atoms with van der Waals surface area (Å²) >= 11 is 0. The third-order valence-electron chi connectivity index (χ3n) is 3.37. The van der Waals surface area contributed by atoms with Crippen molar-refractivity contribution in [1.82, 2.24) is 0 Å². The van der Waals surface area contributed by atoms with E-state index < -0.39 is 0 Å². The number of hydrogen-bond donors (Lipinski definition) is 1. The lowest BCUT2D eigenvalue weighted by molar-refractivity contribution is 0.102. The summed E-state index contributed by atoms with van der Waals surface area (Å²) in [6.07, 6.45) is 0.0893. The SMILES string of the molecule is Cc1oc(C(C)(C)C)cc1C(=O)Nc1cccc(OC(C)C)c1. The number of benzene rings is 1. The fourth-order valence-corrected chi connectivity index (χ4v) is 2.19. The fraction of sp³-hybridized carbons (Fsp3) is 0.421. The Bertz CT molecular complexity index is 693. The summed E-state index contributed by atoms with van der Waals surface area (Å²) < 4.78 is 11.4. The van der Waals surface area contributed by atoms with E-state index in [0.29, 0.717) is 17.0 Å². The number of carbonyl (C=O) groups is 1. The van der Waals surface area contributed by atoms with Gasteiger partial charge >= 0.3 is 0 Å². The highest BCUT2D eigenvalue weighted by Crippen LogP contribution is 2.27. The van der Waals surface area contributed by atoms with Crippen molar-refractivity contribution in [3.8, 4) is 5.75 Å². The number of rotatable bonds is 4. The molecular weight excluding hydrogens is 290 g/mol. The maximum Gasteiger partial charge on any atom is 0.259 e. The van der Waals surface area contributed by atoms with E-state index >= 15 is 0 Å². The topological polar surface area (TPSA) is 51.5 Å². The lowest BCUT2D eigenvalue weighted by Gasteiger charge is -2.13. The van der Waals surface area contributed by atoms with Gasteiger partial charge in [0.05, 0.1) is 11.7 Å². The van der Waals surface area contributed by atoms with Crippen molar-refractivity contribution in [1.29, 1.82) is 0 Å². The van der Waals surface area contributed by atoms with Crippen molar-refractivity contribution in [2.45, 2.75) is 53.1 Å². The zero-order valence-electron chi connectivity index (χ0n) is 14.7. The van der Waals surface area contributed by atoms with E-state index in [9.17, 15) is 4.79 Å². The Morgan fingerprint density at radius 2 is 1.91 bits per heavy atom. The number of aryl methyl sites for hydroxylation is 1. The molecule has 0 saturated carbocycles. The van der Waals surface area contributed by atoms with Crippen LogP contribution in [0.2, 0.25) is 0 Å². The number of carbonyl (C=O) groups excluding carboxylic acids is 1. The molecule has 2 rings (SSSR count). The monoisotopic (exact) mass is 315 g/mol. The van der Waals surface area contributed by atoms with Gasteiger partial charge in [-0.05, 0) is 39.0 Å². The molecule has 124 valence electrons. The fourth-order valence-electron chi connectivity index (χ4n) is 2.19. The summed E-state index contributed by atoms with van der Waals surface area (Å²) in [7, 11) is 0. The molecule has 0 unspecified atom stereocenters. The maximum atomic E-state index is 12.5. The van der Waals surface area contributed by atoms with Crippen LogP contribution in [0, 0.1) is 6.92 Å². The molecule has 1 heterocycles. The van der Waals surface area contributed by atoms with Gasteiger partial charge in [-0.2, -0.15) is 0 Å². The zero-order chi connectivity index (χ0) is 17.2. The van der Waals surface area contributed by atoms with Crippen molar-refractivity contribution in [2.24, 2.45) is 0 Å². The Balaban J connectivity index is 2.18. The molecule has 1 N–H and O–H groups in total. The Kier molecular flexibility index (Phi) is 4.83. The van der Waals surface area contributed by atoms with E-state index in [-0.39, 0.29) is 17.4 Å². The van der Waals surface area contributed by atoms with Crippen LogP contribution < -0.4 is 10.1 Å². The molecule has 0 saturated heterocycles. The van der Waals surface area contributed by atoms with Crippen LogP contribution in [0.1, 0.15) is 56.5 Å². The highest BCUT2D eigenvalue weighted by molar-refractivity contribution is 6.05. The maximum absolute atomic E-state index is 12.5. The minimum Gasteiger partial charge on any atom is -0.491 e. The van der Waals surface area contributed by atoms with E-state index in [1.807, 2.05) is 51.1 Å². The molecule has 23 heavy (non-hydrogen) atoms. The quantitative estimate of drug-likeness (QED) is 0.870. The van der Waals surface area contributed by atoms with Crippen molar-refractivity contribution < 1.29 is 13.9 Å². The van der Waals surface area contributed by atoms with Gasteiger partial charge in [0.1, 0.15) is 17.3 Å². The van der Waals surface area contributed by atoms with Gasteiger partial charge in [-0.25, -0.2) is 0 Å². The van der Waals surface area contributed by atoms with Crippen LogP contribution in [0.4, 0.5) is 5.69 Å². The van der Waals surface area contributed by atoms with Crippen LogP contribution in [0.5, 0.6) is 5.75 Å². The smallest absolute Gasteiger partial charge is 0.259 e. The van der Waals surface area contributed by atoms with E-state index in [4.69, 9.17) is 9.15 Å². The first-order valence-electron chi connectivity index (χ1n) is 7.86. The first kappa shape index (κ1) is 17.1. The minimum atomic E-state index is -0.177. The second-order valence-electron chi connectivity index (χ2n) is 6.98. The number of furan rings is 1. The summed E-state index contributed by atoms with van der Waals surface area (Å²) in [5.74, 6) is 1.99. The number of ether oxygens (including phenoxy) is 1. The Hall–Kier alpha value is -2.23. The molecule has 0 atom stereocenters. The molecule has 2 aromatic rings.